The van der Waals surface area contributed by atoms with Crippen molar-refractivity contribution < 1.29 is 18.3 Å². The Balaban J connectivity index is 3.16. The molecule has 0 unspecified atom stereocenters. The number of halogens is 3. The van der Waals surface area contributed by atoms with Crippen molar-refractivity contribution in [2.75, 3.05) is 12.3 Å². The van der Waals surface area contributed by atoms with Gasteiger partial charge in [0.15, 0.2) is 5.69 Å². The van der Waals surface area contributed by atoms with Gasteiger partial charge < -0.3 is 10.8 Å². The number of alkyl halides is 3. The van der Waals surface area contributed by atoms with Crippen LogP contribution < -0.4 is 5.73 Å². The maximum absolute atomic E-state index is 12.3. The molecule has 0 aliphatic carbocycles. The average molecular weight is 207 g/mol. The minimum atomic E-state index is -4.57. The zero-order valence-electron chi connectivity index (χ0n) is 7.04. The second-order valence-electron chi connectivity index (χ2n) is 2.57. The topological polar surface area (TPSA) is 72.0 Å². The molecule has 1 aromatic heterocycles. The van der Waals surface area contributed by atoms with Crippen LogP contribution in [-0.4, -0.2) is 21.7 Å². The van der Waals surface area contributed by atoms with Gasteiger partial charge in [0.2, 0.25) is 5.95 Å². The number of aliphatic hydroxyl groups is 1. The van der Waals surface area contributed by atoms with Gasteiger partial charge in [0.1, 0.15) is 0 Å². The van der Waals surface area contributed by atoms with E-state index in [1.807, 2.05) is 0 Å². The Labute approximate surface area is 77.6 Å². The average Bonchev–Trinajstić information content (AvgIpc) is 2.07. The highest BCUT2D eigenvalue weighted by Gasteiger charge is 2.35. The number of nitrogens with zero attached hydrogens (tertiary/aromatic N) is 2. The van der Waals surface area contributed by atoms with Gasteiger partial charge in [-0.2, -0.15) is 13.2 Å². The fraction of sp³-hybridized carbons (Fsp3) is 0.429. The molecular formula is C7H8F3N3O. The van der Waals surface area contributed by atoms with Crippen LogP contribution in [-0.2, 0) is 12.6 Å². The van der Waals surface area contributed by atoms with Crippen LogP contribution in [0.25, 0.3) is 0 Å². The van der Waals surface area contributed by atoms with Crippen LogP contribution in [0.1, 0.15) is 11.3 Å². The molecule has 0 aliphatic heterocycles. The molecule has 1 rings (SSSR count). The summed E-state index contributed by atoms with van der Waals surface area (Å²) in [6.45, 7) is -0.393. The normalized spacial score (nSPS) is 11.7. The summed E-state index contributed by atoms with van der Waals surface area (Å²) in [6, 6.07) is 0. The molecular weight excluding hydrogens is 199 g/mol. The van der Waals surface area contributed by atoms with Crippen molar-refractivity contribution in [2.45, 2.75) is 12.6 Å². The number of aromatic nitrogens is 2. The van der Waals surface area contributed by atoms with E-state index in [1.165, 1.54) is 0 Å². The van der Waals surface area contributed by atoms with E-state index in [9.17, 15) is 13.2 Å². The number of nitrogen functional groups attached to an aromatic ring is 1. The van der Waals surface area contributed by atoms with Crippen LogP contribution in [0.2, 0.25) is 0 Å². The first-order chi connectivity index (χ1) is 6.45. The van der Waals surface area contributed by atoms with Gasteiger partial charge in [0, 0.05) is 18.4 Å². The Morgan fingerprint density at radius 3 is 2.57 bits per heavy atom. The van der Waals surface area contributed by atoms with Crippen molar-refractivity contribution >= 4 is 5.95 Å². The number of hydrogen-bond donors (Lipinski definition) is 2. The number of aliphatic hydroxyl groups excluding tert-OH is 1. The van der Waals surface area contributed by atoms with E-state index < -0.39 is 24.4 Å². The van der Waals surface area contributed by atoms with Crippen LogP contribution >= 0.6 is 0 Å². The molecule has 0 radical (unpaired) electrons. The molecule has 7 heteroatoms. The summed E-state index contributed by atoms with van der Waals surface area (Å²) >= 11 is 0. The maximum Gasteiger partial charge on any atom is 0.433 e. The number of nitrogens with two attached hydrogens (primary N) is 1. The number of rotatable bonds is 2. The van der Waals surface area contributed by atoms with Crippen molar-refractivity contribution in [3.8, 4) is 0 Å². The lowest BCUT2D eigenvalue weighted by Gasteiger charge is -2.10. The lowest BCUT2D eigenvalue weighted by Crippen LogP contribution is -2.15. The van der Waals surface area contributed by atoms with Gasteiger partial charge in [-0.1, -0.05) is 0 Å². The third kappa shape index (κ3) is 2.32. The lowest BCUT2D eigenvalue weighted by molar-refractivity contribution is -0.141. The van der Waals surface area contributed by atoms with Crippen LogP contribution in [0.15, 0.2) is 6.20 Å². The SMILES string of the molecule is Nc1ncc(CCO)c(C(F)(F)F)n1. The maximum atomic E-state index is 12.3. The van der Waals surface area contributed by atoms with Crippen molar-refractivity contribution in [2.24, 2.45) is 0 Å². The zero-order valence-corrected chi connectivity index (χ0v) is 7.04. The first-order valence-corrected chi connectivity index (χ1v) is 3.74. The molecule has 1 heterocycles. The Kier molecular flexibility index (Phi) is 2.90. The summed E-state index contributed by atoms with van der Waals surface area (Å²) in [5, 5.41) is 8.53. The van der Waals surface area contributed by atoms with Crippen molar-refractivity contribution in [3.63, 3.8) is 0 Å². The van der Waals surface area contributed by atoms with E-state index in [2.05, 4.69) is 9.97 Å². The Hall–Kier alpha value is -1.37. The van der Waals surface area contributed by atoms with Gasteiger partial charge in [-0.05, 0) is 6.42 Å². The highest BCUT2D eigenvalue weighted by molar-refractivity contribution is 5.27. The summed E-state index contributed by atoms with van der Waals surface area (Å²) in [4.78, 5) is 6.52. The second-order valence-corrected chi connectivity index (χ2v) is 2.57. The second kappa shape index (κ2) is 3.79. The van der Waals surface area contributed by atoms with Crippen LogP contribution in [0, 0.1) is 0 Å². The molecule has 3 N–H and O–H groups in total. The predicted molar refractivity (Wildman–Crippen MR) is 42.2 cm³/mol. The highest BCUT2D eigenvalue weighted by Crippen LogP contribution is 2.30. The fourth-order valence-electron chi connectivity index (χ4n) is 0.969. The van der Waals surface area contributed by atoms with Crippen molar-refractivity contribution in [1.82, 2.24) is 9.97 Å². The molecule has 0 fully saturated rings. The minimum absolute atomic E-state index is 0.144. The van der Waals surface area contributed by atoms with Gasteiger partial charge in [-0.25, -0.2) is 9.97 Å². The summed E-state index contributed by atoms with van der Waals surface area (Å²) in [7, 11) is 0. The Morgan fingerprint density at radius 2 is 2.07 bits per heavy atom. The van der Waals surface area contributed by atoms with E-state index in [1.54, 1.807) is 0 Å². The molecule has 78 valence electrons. The molecule has 14 heavy (non-hydrogen) atoms. The van der Waals surface area contributed by atoms with Crippen LogP contribution in [0.5, 0.6) is 0 Å². The number of hydrogen-bond acceptors (Lipinski definition) is 4. The third-order valence-corrected chi connectivity index (χ3v) is 1.53. The third-order valence-electron chi connectivity index (χ3n) is 1.53. The quantitative estimate of drug-likeness (QED) is 0.745. The molecule has 0 aliphatic rings. The monoisotopic (exact) mass is 207 g/mol. The molecule has 4 nitrogen and oxygen atoms in total. The predicted octanol–water partition coefficient (Wildman–Crippen LogP) is 0.612. The molecule has 1 aromatic rings. The standard InChI is InChI=1S/C7H8F3N3O/c8-7(9,10)5-4(1-2-14)3-12-6(11)13-5/h3,14H,1-2H2,(H2,11,12,13). The van der Waals surface area contributed by atoms with Crippen LogP contribution in [0.3, 0.4) is 0 Å². The lowest BCUT2D eigenvalue weighted by atomic mass is 10.1. The fourth-order valence-corrected chi connectivity index (χ4v) is 0.969. The van der Waals surface area contributed by atoms with E-state index in [0.717, 1.165) is 6.20 Å². The smallest absolute Gasteiger partial charge is 0.396 e. The first-order valence-electron chi connectivity index (χ1n) is 3.74. The molecule has 0 saturated carbocycles. The number of anilines is 1. The summed E-state index contributed by atoms with van der Waals surface area (Å²) in [5.74, 6) is -0.431. The van der Waals surface area contributed by atoms with E-state index in [4.69, 9.17) is 10.8 Å². The van der Waals surface area contributed by atoms with Crippen molar-refractivity contribution in [3.05, 3.63) is 17.5 Å². The van der Waals surface area contributed by atoms with E-state index in [0.29, 0.717) is 0 Å². The summed E-state index contributed by atoms with van der Waals surface area (Å²) in [5.41, 5.74) is 3.79. The molecule has 0 saturated heterocycles. The first kappa shape index (κ1) is 10.7. The van der Waals surface area contributed by atoms with Gasteiger partial charge >= 0.3 is 6.18 Å². The highest BCUT2D eigenvalue weighted by atomic mass is 19.4. The largest absolute Gasteiger partial charge is 0.433 e. The van der Waals surface area contributed by atoms with Crippen LogP contribution in [0.4, 0.5) is 19.1 Å². The summed E-state index contributed by atoms with van der Waals surface area (Å²) < 4.78 is 37.0. The van der Waals surface area contributed by atoms with E-state index in [-0.39, 0.29) is 12.0 Å². The van der Waals surface area contributed by atoms with Crippen molar-refractivity contribution in [1.29, 1.82) is 0 Å². The molecule has 0 atom stereocenters. The van der Waals surface area contributed by atoms with Gasteiger partial charge in [0.25, 0.3) is 0 Å². The van der Waals surface area contributed by atoms with Gasteiger partial charge in [-0.3, -0.25) is 0 Å². The molecule has 0 bridgehead atoms. The zero-order chi connectivity index (χ0) is 10.8. The van der Waals surface area contributed by atoms with Gasteiger partial charge in [-0.15, -0.1) is 0 Å². The Morgan fingerprint density at radius 1 is 1.43 bits per heavy atom. The Bertz CT molecular complexity index is 326. The molecule has 0 amide bonds. The molecule has 0 aromatic carbocycles. The minimum Gasteiger partial charge on any atom is -0.396 e. The molecule has 0 spiro atoms. The van der Waals surface area contributed by atoms with E-state index >= 15 is 0 Å². The summed E-state index contributed by atoms with van der Waals surface area (Å²) in [6.07, 6.45) is -3.74. The van der Waals surface area contributed by atoms with Gasteiger partial charge in [0.05, 0.1) is 0 Å².